The monoisotopic (exact) mass is 423 g/mol. The topological polar surface area (TPSA) is 78.0 Å². The fourth-order valence-corrected chi connectivity index (χ4v) is 3.73. The predicted octanol–water partition coefficient (Wildman–Crippen LogP) is 4.35. The molecule has 0 saturated heterocycles. The zero-order valence-electron chi connectivity index (χ0n) is 18.0. The van der Waals surface area contributed by atoms with Crippen molar-refractivity contribution in [3.8, 4) is 0 Å². The largest absolute Gasteiger partial charge is 0.398 e. The van der Waals surface area contributed by atoms with Crippen molar-refractivity contribution >= 4 is 28.4 Å². The van der Waals surface area contributed by atoms with Crippen LogP contribution in [-0.4, -0.2) is 15.3 Å². The first kappa shape index (κ1) is 21.2. The highest BCUT2D eigenvalue weighted by Gasteiger charge is 2.09. The summed E-state index contributed by atoms with van der Waals surface area (Å²) in [7, 11) is 0. The molecule has 0 radical (unpaired) electrons. The van der Waals surface area contributed by atoms with Crippen LogP contribution in [0.3, 0.4) is 0 Å². The number of carbonyl (C=O) groups is 1. The molecule has 32 heavy (non-hydrogen) atoms. The summed E-state index contributed by atoms with van der Waals surface area (Å²) in [5.74, 6) is 0.638. The van der Waals surface area contributed by atoms with Gasteiger partial charge in [0.05, 0.1) is 10.9 Å². The van der Waals surface area contributed by atoms with Gasteiger partial charge in [-0.2, -0.15) is 0 Å². The quantitative estimate of drug-likeness (QED) is 0.354. The first-order chi connectivity index (χ1) is 15.5. The van der Waals surface area contributed by atoms with E-state index in [1.54, 1.807) is 28.9 Å². The third kappa shape index (κ3) is 4.83. The molecule has 0 aliphatic rings. The van der Waals surface area contributed by atoms with Gasteiger partial charge in [-0.15, -0.1) is 0 Å². The zero-order chi connectivity index (χ0) is 22.5. The molecular formula is C27H25N3O2. The van der Waals surface area contributed by atoms with Gasteiger partial charge in [0.25, 0.3) is 5.56 Å². The molecule has 4 aromatic rings. The molecule has 0 unspecified atom stereocenters. The van der Waals surface area contributed by atoms with Gasteiger partial charge in [-0.05, 0) is 54.3 Å². The molecule has 0 aliphatic carbocycles. The Morgan fingerprint density at radius 3 is 2.56 bits per heavy atom. The molecular weight excluding hydrogens is 398 g/mol. The van der Waals surface area contributed by atoms with E-state index < -0.39 is 0 Å². The SMILES string of the molecule is Cc1nc2cc(/C=C/C(=O)Cc3ccccc3N)ccc2c(=O)n1CCc1ccccc1. The van der Waals surface area contributed by atoms with E-state index in [1.165, 1.54) is 5.56 Å². The number of fused-ring (bicyclic) bond motifs is 1. The molecule has 1 aromatic heterocycles. The number of para-hydroxylation sites is 1. The number of nitrogens with two attached hydrogens (primary N) is 1. The van der Waals surface area contributed by atoms with E-state index in [4.69, 9.17) is 5.73 Å². The average molecular weight is 424 g/mol. The van der Waals surface area contributed by atoms with Gasteiger partial charge in [-0.1, -0.05) is 60.7 Å². The minimum atomic E-state index is -0.0467. The third-order valence-electron chi connectivity index (χ3n) is 5.52. The summed E-state index contributed by atoms with van der Waals surface area (Å²) >= 11 is 0. The van der Waals surface area contributed by atoms with Crippen LogP contribution < -0.4 is 11.3 Å². The van der Waals surface area contributed by atoms with Crippen molar-refractivity contribution in [3.63, 3.8) is 0 Å². The summed E-state index contributed by atoms with van der Waals surface area (Å²) in [4.78, 5) is 30.0. The van der Waals surface area contributed by atoms with Crippen LogP contribution in [-0.2, 0) is 24.2 Å². The molecule has 0 aliphatic heterocycles. The van der Waals surface area contributed by atoms with Gasteiger partial charge in [0.2, 0.25) is 0 Å². The van der Waals surface area contributed by atoms with E-state index in [0.29, 0.717) is 29.0 Å². The number of ketones is 1. The Hall–Kier alpha value is -3.99. The Kier molecular flexibility index (Phi) is 6.26. The first-order valence-corrected chi connectivity index (χ1v) is 10.6. The van der Waals surface area contributed by atoms with Gasteiger partial charge >= 0.3 is 0 Å². The predicted molar refractivity (Wildman–Crippen MR) is 129 cm³/mol. The zero-order valence-corrected chi connectivity index (χ0v) is 18.0. The number of nitrogen functional groups attached to an aromatic ring is 1. The van der Waals surface area contributed by atoms with Crippen molar-refractivity contribution in [1.29, 1.82) is 0 Å². The summed E-state index contributed by atoms with van der Waals surface area (Å²) in [5.41, 5.74) is 9.93. The van der Waals surface area contributed by atoms with Crippen LogP contribution in [0.15, 0.2) is 83.7 Å². The number of anilines is 1. The van der Waals surface area contributed by atoms with Crippen LogP contribution in [0.5, 0.6) is 0 Å². The summed E-state index contributed by atoms with van der Waals surface area (Å²) in [6.45, 7) is 2.43. The molecule has 160 valence electrons. The van der Waals surface area contributed by atoms with Crippen molar-refractivity contribution < 1.29 is 4.79 Å². The van der Waals surface area contributed by atoms with Crippen LogP contribution in [0.1, 0.15) is 22.5 Å². The van der Waals surface area contributed by atoms with Crippen LogP contribution in [0.25, 0.3) is 17.0 Å². The smallest absolute Gasteiger partial charge is 0.261 e. The molecule has 0 saturated carbocycles. The van der Waals surface area contributed by atoms with Crippen LogP contribution in [0.2, 0.25) is 0 Å². The van der Waals surface area contributed by atoms with Gasteiger partial charge in [0.1, 0.15) is 5.82 Å². The Balaban J connectivity index is 1.53. The number of hydrogen-bond acceptors (Lipinski definition) is 4. The fraction of sp³-hybridized carbons (Fsp3) is 0.148. The van der Waals surface area contributed by atoms with E-state index in [1.807, 2.05) is 55.5 Å². The molecule has 0 fully saturated rings. The van der Waals surface area contributed by atoms with Crippen molar-refractivity contribution in [2.45, 2.75) is 26.3 Å². The van der Waals surface area contributed by atoms with Gasteiger partial charge in [0.15, 0.2) is 5.78 Å². The Morgan fingerprint density at radius 2 is 1.78 bits per heavy atom. The lowest BCUT2D eigenvalue weighted by Gasteiger charge is -2.11. The van der Waals surface area contributed by atoms with Crippen molar-refractivity contribution in [1.82, 2.24) is 9.55 Å². The van der Waals surface area contributed by atoms with Crippen molar-refractivity contribution in [2.75, 3.05) is 5.73 Å². The lowest BCUT2D eigenvalue weighted by atomic mass is 10.1. The number of benzene rings is 3. The molecule has 5 nitrogen and oxygen atoms in total. The second kappa shape index (κ2) is 9.43. The average Bonchev–Trinajstić information content (AvgIpc) is 2.79. The Labute approximate surface area is 186 Å². The number of allylic oxidation sites excluding steroid dienone is 1. The highest BCUT2D eigenvalue weighted by Crippen LogP contribution is 2.15. The molecule has 0 spiro atoms. The van der Waals surface area contributed by atoms with E-state index in [0.717, 1.165) is 17.5 Å². The van der Waals surface area contributed by atoms with E-state index >= 15 is 0 Å². The lowest BCUT2D eigenvalue weighted by Crippen LogP contribution is -2.24. The van der Waals surface area contributed by atoms with Gasteiger partial charge in [-0.3, -0.25) is 14.2 Å². The fourth-order valence-electron chi connectivity index (χ4n) is 3.73. The van der Waals surface area contributed by atoms with Gasteiger partial charge < -0.3 is 5.73 Å². The summed E-state index contributed by atoms with van der Waals surface area (Å²) in [6, 6.07) is 22.9. The highest BCUT2D eigenvalue weighted by atomic mass is 16.1. The molecule has 3 aromatic carbocycles. The second-order valence-corrected chi connectivity index (χ2v) is 7.80. The van der Waals surface area contributed by atoms with Crippen LogP contribution in [0, 0.1) is 6.92 Å². The minimum absolute atomic E-state index is 0.0385. The molecule has 2 N–H and O–H groups in total. The molecule has 0 amide bonds. The van der Waals surface area contributed by atoms with Gasteiger partial charge in [-0.25, -0.2) is 4.98 Å². The number of nitrogens with zero attached hydrogens (tertiary/aromatic N) is 2. The maximum atomic E-state index is 13.0. The number of rotatable bonds is 7. The third-order valence-corrected chi connectivity index (χ3v) is 5.52. The molecule has 0 bridgehead atoms. The number of aromatic nitrogens is 2. The summed E-state index contributed by atoms with van der Waals surface area (Å²) in [6.07, 6.45) is 4.31. The normalized spacial score (nSPS) is 11.3. The lowest BCUT2D eigenvalue weighted by molar-refractivity contribution is -0.113. The molecule has 4 rings (SSSR count). The van der Waals surface area contributed by atoms with Gasteiger partial charge in [0, 0.05) is 18.7 Å². The molecule has 1 heterocycles. The number of carbonyl (C=O) groups excluding carboxylic acids is 1. The maximum absolute atomic E-state index is 13.0. The van der Waals surface area contributed by atoms with E-state index in [9.17, 15) is 9.59 Å². The van der Waals surface area contributed by atoms with E-state index in [2.05, 4.69) is 17.1 Å². The molecule has 5 heteroatoms. The standard InChI is InChI=1S/C27H25N3O2/c1-19-29-26-17-21(11-13-23(31)18-22-9-5-6-10-25(22)28)12-14-24(26)27(32)30(19)16-15-20-7-3-2-4-8-20/h2-14,17H,15-16,18,28H2,1H3/b13-11+. The second-order valence-electron chi connectivity index (χ2n) is 7.80. The Morgan fingerprint density at radius 1 is 1.03 bits per heavy atom. The maximum Gasteiger partial charge on any atom is 0.261 e. The Bertz CT molecular complexity index is 1350. The number of aryl methyl sites for hydroxylation is 2. The molecule has 0 atom stereocenters. The first-order valence-electron chi connectivity index (χ1n) is 10.6. The van der Waals surface area contributed by atoms with Crippen molar-refractivity contribution in [2.24, 2.45) is 0 Å². The van der Waals surface area contributed by atoms with Crippen LogP contribution >= 0.6 is 0 Å². The van der Waals surface area contributed by atoms with Crippen molar-refractivity contribution in [3.05, 3.63) is 112 Å². The van der Waals surface area contributed by atoms with Crippen LogP contribution in [0.4, 0.5) is 5.69 Å². The minimum Gasteiger partial charge on any atom is -0.398 e. The number of hydrogen-bond donors (Lipinski definition) is 1. The summed E-state index contributed by atoms with van der Waals surface area (Å²) in [5, 5.41) is 0.573. The highest BCUT2D eigenvalue weighted by molar-refractivity contribution is 5.96. The summed E-state index contributed by atoms with van der Waals surface area (Å²) < 4.78 is 1.72. The van der Waals surface area contributed by atoms with E-state index in [-0.39, 0.29) is 17.8 Å².